The lowest BCUT2D eigenvalue weighted by atomic mass is 10.0. The minimum atomic E-state index is 0.143. The van der Waals surface area contributed by atoms with Crippen molar-refractivity contribution in [3.63, 3.8) is 0 Å². The number of benzene rings is 1. The zero-order valence-corrected chi connectivity index (χ0v) is 13.6. The van der Waals surface area contributed by atoms with Gasteiger partial charge < -0.3 is 5.73 Å². The van der Waals surface area contributed by atoms with Crippen LogP contribution in [0.4, 0.5) is 0 Å². The summed E-state index contributed by atoms with van der Waals surface area (Å²) in [5, 5.41) is 2.07. The van der Waals surface area contributed by atoms with E-state index in [-0.39, 0.29) is 6.04 Å². The first-order chi connectivity index (χ1) is 9.04. The maximum absolute atomic E-state index is 6.33. The van der Waals surface area contributed by atoms with Crippen LogP contribution in [-0.4, -0.2) is 35.0 Å². The summed E-state index contributed by atoms with van der Waals surface area (Å²) >= 11 is 14.4. The monoisotopic (exact) mass is 318 g/mol. The van der Waals surface area contributed by atoms with Crippen molar-refractivity contribution in [1.82, 2.24) is 4.90 Å². The Morgan fingerprint density at radius 1 is 1.42 bits per heavy atom. The lowest BCUT2D eigenvalue weighted by Crippen LogP contribution is -2.48. The van der Waals surface area contributed by atoms with Crippen LogP contribution in [0.25, 0.3) is 0 Å². The molecule has 0 amide bonds. The summed E-state index contributed by atoms with van der Waals surface area (Å²) in [5.41, 5.74) is 7.06. The van der Waals surface area contributed by atoms with Crippen molar-refractivity contribution in [3.8, 4) is 0 Å². The zero-order chi connectivity index (χ0) is 14.0. The van der Waals surface area contributed by atoms with E-state index in [1.54, 1.807) is 0 Å². The lowest BCUT2D eigenvalue weighted by Gasteiger charge is -2.42. The number of hydrogen-bond donors (Lipinski definition) is 1. The molecule has 1 saturated heterocycles. The van der Waals surface area contributed by atoms with E-state index in [0.717, 1.165) is 22.9 Å². The average molecular weight is 319 g/mol. The van der Waals surface area contributed by atoms with E-state index in [9.17, 15) is 0 Å². The fraction of sp³-hybridized carbons (Fsp3) is 0.571. The molecule has 1 aromatic carbocycles. The summed E-state index contributed by atoms with van der Waals surface area (Å²) in [6.45, 7) is 6.13. The predicted molar refractivity (Wildman–Crippen MR) is 86.3 cm³/mol. The van der Waals surface area contributed by atoms with Gasteiger partial charge in [-0.2, -0.15) is 11.8 Å². The molecule has 2 N–H and O–H groups in total. The molecule has 19 heavy (non-hydrogen) atoms. The van der Waals surface area contributed by atoms with Crippen LogP contribution in [-0.2, 0) is 0 Å². The van der Waals surface area contributed by atoms with E-state index in [0.29, 0.717) is 22.9 Å². The molecule has 1 fully saturated rings. The Morgan fingerprint density at radius 2 is 2.16 bits per heavy atom. The number of nitrogens with two attached hydrogens (primary N) is 1. The molecule has 0 radical (unpaired) electrons. The SMILES string of the molecule is CC1SCCN(C(CN)c2cc(Cl)ccc2Cl)C1C. The molecule has 106 valence electrons. The third-order valence-corrected chi connectivity index (χ3v) is 5.79. The second-order valence-corrected chi connectivity index (χ2v) is 7.30. The fourth-order valence-corrected chi connectivity index (χ4v) is 4.15. The van der Waals surface area contributed by atoms with Crippen molar-refractivity contribution in [3.05, 3.63) is 33.8 Å². The quantitative estimate of drug-likeness (QED) is 0.918. The number of hydrogen-bond acceptors (Lipinski definition) is 3. The molecule has 2 rings (SSSR count). The molecule has 0 aromatic heterocycles. The van der Waals surface area contributed by atoms with E-state index in [1.165, 1.54) is 0 Å². The molecular formula is C14H20Cl2N2S. The first-order valence-corrected chi connectivity index (χ1v) is 8.37. The van der Waals surface area contributed by atoms with Crippen LogP contribution in [0, 0.1) is 0 Å². The van der Waals surface area contributed by atoms with Gasteiger partial charge in [0, 0.05) is 46.2 Å². The summed E-state index contributed by atoms with van der Waals surface area (Å²) < 4.78 is 0. The van der Waals surface area contributed by atoms with Gasteiger partial charge in [0.2, 0.25) is 0 Å². The summed E-state index contributed by atoms with van der Waals surface area (Å²) in [7, 11) is 0. The fourth-order valence-electron chi connectivity index (χ4n) is 2.61. The Hall–Kier alpha value is 0.0700. The van der Waals surface area contributed by atoms with Gasteiger partial charge in [-0.15, -0.1) is 0 Å². The van der Waals surface area contributed by atoms with E-state index in [2.05, 4.69) is 18.7 Å². The zero-order valence-electron chi connectivity index (χ0n) is 11.3. The smallest absolute Gasteiger partial charge is 0.0489 e. The molecule has 1 aliphatic rings. The first kappa shape index (κ1) is 15.5. The highest BCUT2D eigenvalue weighted by atomic mass is 35.5. The number of nitrogens with zero attached hydrogens (tertiary/aromatic N) is 1. The Kier molecular flexibility index (Phi) is 5.44. The second-order valence-electron chi connectivity index (χ2n) is 4.97. The van der Waals surface area contributed by atoms with Gasteiger partial charge in [-0.1, -0.05) is 30.1 Å². The Bertz CT molecular complexity index is 441. The predicted octanol–water partition coefficient (Wildman–Crippen LogP) is 3.82. The van der Waals surface area contributed by atoms with Crippen LogP contribution in [0.5, 0.6) is 0 Å². The highest BCUT2D eigenvalue weighted by molar-refractivity contribution is 8.00. The van der Waals surface area contributed by atoms with Crippen LogP contribution in [0.3, 0.4) is 0 Å². The minimum Gasteiger partial charge on any atom is -0.329 e. The third kappa shape index (κ3) is 3.40. The van der Waals surface area contributed by atoms with E-state index in [1.807, 2.05) is 30.0 Å². The van der Waals surface area contributed by atoms with Gasteiger partial charge >= 0.3 is 0 Å². The number of thioether (sulfide) groups is 1. The molecule has 3 atom stereocenters. The van der Waals surface area contributed by atoms with Crippen LogP contribution in [0.15, 0.2) is 18.2 Å². The molecule has 2 nitrogen and oxygen atoms in total. The number of rotatable bonds is 3. The Balaban J connectivity index is 2.30. The van der Waals surface area contributed by atoms with Crippen molar-refractivity contribution >= 4 is 35.0 Å². The molecule has 3 unspecified atom stereocenters. The van der Waals surface area contributed by atoms with Crippen molar-refractivity contribution in [2.24, 2.45) is 5.73 Å². The van der Waals surface area contributed by atoms with Crippen LogP contribution in [0.2, 0.25) is 10.0 Å². The summed E-state index contributed by atoms with van der Waals surface area (Å²) in [6.07, 6.45) is 0. The highest BCUT2D eigenvalue weighted by Crippen LogP contribution is 2.35. The molecule has 0 aliphatic carbocycles. The van der Waals surface area contributed by atoms with Gasteiger partial charge in [-0.05, 0) is 30.7 Å². The van der Waals surface area contributed by atoms with Gasteiger partial charge in [0.15, 0.2) is 0 Å². The van der Waals surface area contributed by atoms with Gasteiger partial charge in [-0.25, -0.2) is 0 Å². The van der Waals surface area contributed by atoms with Crippen LogP contribution >= 0.6 is 35.0 Å². The molecule has 0 bridgehead atoms. The lowest BCUT2D eigenvalue weighted by molar-refractivity contribution is 0.151. The minimum absolute atomic E-state index is 0.143. The van der Waals surface area contributed by atoms with Gasteiger partial charge in [-0.3, -0.25) is 4.90 Å². The normalized spacial score (nSPS) is 26.4. The summed E-state index contributed by atoms with van der Waals surface area (Å²) in [4.78, 5) is 2.46. The second kappa shape index (κ2) is 6.68. The van der Waals surface area contributed by atoms with Crippen molar-refractivity contribution in [1.29, 1.82) is 0 Å². The van der Waals surface area contributed by atoms with Gasteiger partial charge in [0.05, 0.1) is 0 Å². The largest absolute Gasteiger partial charge is 0.329 e. The Morgan fingerprint density at radius 3 is 2.84 bits per heavy atom. The molecule has 5 heteroatoms. The average Bonchev–Trinajstić information content (AvgIpc) is 2.39. The topological polar surface area (TPSA) is 29.3 Å². The van der Waals surface area contributed by atoms with E-state index in [4.69, 9.17) is 28.9 Å². The standard InChI is InChI=1S/C14H20Cl2N2S/c1-9-10(2)19-6-5-18(9)14(8-17)12-7-11(15)3-4-13(12)16/h3-4,7,9-10,14H,5-6,8,17H2,1-2H3. The van der Waals surface area contributed by atoms with Crippen LogP contribution in [0.1, 0.15) is 25.5 Å². The molecule has 1 heterocycles. The Labute approximate surface area is 129 Å². The van der Waals surface area contributed by atoms with Crippen molar-refractivity contribution in [2.45, 2.75) is 31.2 Å². The molecule has 0 saturated carbocycles. The van der Waals surface area contributed by atoms with E-state index < -0.39 is 0 Å². The molecule has 1 aromatic rings. The molecule has 1 aliphatic heterocycles. The summed E-state index contributed by atoms with van der Waals surface area (Å²) in [6, 6.07) is 6.25. The first-order valence-electron chi connectivity index (χ1n) is 6.57. The van der Waals surface area contributed by atoms with Crippen molar-refractivity contribution in [2.75, 3.05) is 18.8 Å². The van der Waals surface area contributed by atoms with Crippen molar-refractivity contribution < 1.29 is 0 Å². The van der Waals surface area contributed by atoms with Gasteiger partial charge in [0.1, 0.15) is 0 Å². The highest BCUT2D eigenvalue weighted by Gasteiger charge is 2.31. The van der Waals surface area contributed by atoms with Gasteiger partial charge in [0.25, 0.3) is 0 Å². The molecular weight excluding hydrogens is 299 g/mol. The van der Waals surface area contributed by atoms with E-state index >= 15 is 0 Å². The number of halogens is 2. The summed E-state index contributed by atoms with van der Waals surface area (Å²) in [5.74, 6) is 1.14. The maximum atomic E-state index is 6.33. The maximum Gasteiger partial charge on any atom is 0.0489 e. The molecule has 0 spiro atoms. The third-order valence-electron chi connectivity index (χ3n) is 3.87. The van der Waals surface area contributed by atoms with Crippen LogP contribution < -0.4 is 5.73 Å².